The topological polar surface area (TPSA) is 44.8 Å². The lowest BCUT2D eigenvalue weighted by Crippen LogP contribution is -2.18. The molecule has 94 valence electrons. The average molecular weight is 246 g/mol. The molecule has 0 fully saturated rings. The van der Waals surface area contributed by atoms with E-state index in [0.29, 0.717) is 12.4 Å². The van der Waals surface area contributed by atoms with Gasteiger partial charge < -0.3 is 14.2 Å². The van der Waals surface area contributed by atoms with E-state index in [-0.39, 0.29) is 0 Å². The fraction of sp³-hybridized carbons (Fsp3) is 0.214. The molecule has 0 spiro atoms. The molecule has 0 bridgehead atoms. The highest BCUT2D eigenvalue weighted by atomic mass is 16.7. The monoisotopic (exact) mass is 246 g/mol. The molecule has 0 N–H and O–H groups in total. The van der Waals surface area contributed by atoms with E-state index in [1.807, 2.05) is 30.3 Å². The molecule has 2 rings (SSSR count). The highest BCUT2D eigenvalue weighted by molar-refractivity contribution is 5.66. The van der Waals surface area contributed by atoms with Gasteiger partial charge in [0.2, 0.25) is 0 Å². The molecule has 1 aromatic rings. The molecule has 1 aliphatic heterocycles. The van der Waals surface area contributed by atoms with E-state index in [0.717, 1.165) is 5.56 Å². The van der Waals surface area contributed by atoms with Gasteiger partial charge in [-0.05, 0) is 5.56 Å². The SMILES string of the molecule is CC(=O)OC1C=C(OCc2ccccc2)C=CO1. The van der Waals surface area contributed by atoms with Gasteiger partial charge in [-0.3, -0.25) is 4.79 Å². The van der Waals surface area contributed by atoms with Crippen molar-refractivity contribution in [2.24, 2.45) is 0 Å². The van der Waals surface area contributed by atoms with Crippen molar-refractivity contribution in [3.8, 4) is 0 Å². The predicted octanol–water partition coefficient (Wildman–Crippen LogP) is 2.52. The van der Waals surface area contributed by atoms with Crippen molar-refractivity contribution in [2.45, 2.75) is 19.8 Å². The molecular weight excluding hydrogens is 232 g/mol. The van der Waals surface area contributed by atoms with E-state index in [1.165, 1.54) is 13.2 Å². The van der Waals surface area contributed by atoms with Crippen LogP contribution >= 0.6 is 0 Å². The first-order valence-corrected chi connectivity index (χ1v) is 5.62. The molecular formula is C14H14O4. The average Bonchev–Trinajstić information content (AvgIpc) is 2.37. The van der Waals surface area contributed by atoms with Crippen LogP contribution in [0.1, 0.15) is 12.5 Å². The zero-order valence-electron chi connectivity index (χ0n) is 10.0. The van der Waals surface area contributed by atoms with Crippen molar-refractivity contribution in [1.82, 2.24) is 0 Å². The van der Waals surface area contributed by atoms with Gasteiger partial charge in [0.25, 0.3) is 6.29 Å². The van der Waals surface area contributed by atoms with Gasteiger partial charge in [-0.15, -0.1) is 0 Å². The lowest BCUT2D eigenvalue weighted by molar-refractivity contribution is -0.159. The number of benzene rings is 1. The summed E-state index contributed by atoms with van der Waals surface area (Å²) in [5.74, 6) is 0.227. The largest absolute Gasteiger partial charge is 0.489 e. The van der Waals surface area contributed by atoms with E-state index >= 15 is 0 Å². The van der Waals surface area contributed by atoms with Crippen molar-refractivity contribution in [2.75, 3.05) is 0 Å². The van der Waals surface area contributed by atoms with Crippen molar-refractivity contribution >= 4 is 5.97 Å². The molecule has 0 radical (unpaired) electrons. The summed E-state index contributed by atoms with van der Waals surface area (Å²) in [6.45, 7) is 1.80. The smallest absolute Gasteiger partial charge is 0.305 e. The molecule has 1 aliphatic rings. The molecule has 1 unspecified atom stereocenters. The van der Waals surface area contributed by atoms with E-state index in [1.54, 1.807) is 12.2 Å². The normalized spacial score (nSPS) is 17.6. The molecule has 0 saturated heterocycles. The Morgan fingerprint density at radius 3 is 2.83 bits per heavy atom. The van der Waals surface area contributed by atoms with E-state index < -0.39 is 12.3 Å². The van der Waals surface area contributed by atoms with Crippen LogP contribution in [0.25, 0.3) is 0 Å². The lowest BCUT2D eigenvalue weighted by atomic mass is 10.2. The summed E-state index contributed by atoms with van der Waals surface area (Å²) in [7, 11) is 0. The van der Waals surface area contributed by atoms with Gasteiger partial charge in [-0.2, -0.15) is 0 Å². The zero-order chi connectivity index (χ0) is 12.8. The van der Waals surface area contributed by atoms with Crippen molar-refractivity contribution in [3.05, 3.63) is 60.1 Å². The Kier molecular flexibility index (Phi) is 4.02. The van der Waals surface area contributed by atoms with E-state index in [4.69, 9.17) is 14.2 Å². The molecule has 0 saturated carbocycles. The fourth-order valence-electron chi connectivity index (χ4n) is 1.48. The minimum absolute atomic E-state index is 0.394. The fourth-order valence-corrected chi connectivity index (χ4v) is 1.48. The standard InChI is InChI=1S/C14H14O4/c1-11(15)18-14-9-13(7-8-16-14)17-10-12-5-3-2-4-6-12/h2-9,14H,10H2,1H3. The molecule has 4 heteroatoms. The van der Waals surface area contributed by atoms with Crippen LogP contribution in [0, 0.1) is 0 Å². The molecule has 0 aromatic heterocycles. The minimum atomic E-state index is -0.710. The molecule has 0 aliphatic carbocycles. The van der Waals surface area contributed by atoms with E-state index in [9.17, 15) is 4.79 Å². The Bertz CT molecular complexity index is 462. The number of ether oxygens (including phenoxy) is 3. The maximum Gasteiger partial charge on any atom is 0.305 e. The maximum atomic E-state index is 10.8. The Hall–Kier alpha value is -2.23. The van der Waals surface area contributed by atoms with Crippen LogP contribution in [0.4, 0.5) is 0 Å². The Balaban J connectivity index is 1.90. The van der Waals surface area contributed by atoms with Crippen molar-refractivity contribution < 1.29 is 19.0 Å². The van der Waals surface area contributed by atoms with Crippen LogP contribution in [0.2, 0.25) is 0 Å². The van der Waals surface area contributed by atoms with Gasteiger partial charge in [0.05, 0.1) is 6.26 Å². The second-order valence-corrected chi connectivity index (χ2v) is 3.76. The van der Waals surface area contributed by atoms with Crippen LogP contribution in [-0.4, -0.2) is 12.3 Å². The number of carbonyl (C=O) groups excluding carboxylic acids is 1. The van der Waals surface area contributed by atoms with Gasteiger partial charge in [-0.1, -0.05) is 30.3 Å². The molecule has 1 aromatic carbocycles. The first kappa shape index (κ1) is 12.2. The first-order chi connectivity index (χ1) is 8.74. The maximum absolute atomic E-state index is 10.8. The van der Waals surface area contributed by atoms with E-state index in [2.05, 4.69) is 0 Å². The number of rotatable bonds is 4. The predicted molar refractivity (Wildman–Crippen MR) is 65.1 cm³/mol. The summed E-state index contributed by atoms with van der Waals surface area (Å²) in [4.78, 5) is 10.8. The number of carbonyl (C=O) groups is 1. The Morgan fingerprint density at radius 1 is 1.33 bits per heavy atom. The van der Waals surface area contributed by atoms with Gasteiger partial charge in [-0.25, -0.2) is 0 Å². The van der Waals surface area contributed by atoms with Gasteiger partial charge in [0, 0.05) is 19.1 Å². The summed E-state index contributed by atoms with van der Waals surface area (Å²) in [6, 6.07) is 9.82. The van der Waals surface area contributed by atoms with Crippen LogP contribution in [0.5, 0.6) is 0 Å². The second kappa shape index (κ2) is 5.91. The number of hydrogen-bond donors (Lipinski definition) is 0. The van der Waals surface area contributed by atoms with Crippen LogP contribution in [-0.2, 0) is 25.6 Å². The molecule has 18 heavy (non-hydrogen) atoms. The lowest BCUT2D eigenvalue weighted by Gasteiger charge is -2.18. The molecule has 1 atom stereocenters. The third-order valence-corrected chi connectivity index (χ3v) is 2.28. The first-order valence-electron chi connectivity index (χ1n) is 5.62. The van der Waals surface area contributed by atoms with Gasteiger partial charge >= 0.3 is 5.97 Å². The number of esters is 1. The number of hydrogen-bond acceptors (Lipinski definition) is 4. The number of allylic oxidation sites excluding steroid dienone is 1. The second-order valence-electron chi connectivity index (χ2n) is 3.76. The summed E-state index contributed by atoms with van der Waals surface area (Å²) in [5.41, 5.74) is 1.07. The highest BCUT2D eigenvalue weighted by Gasteiger charge is 2.13. The van der Waals surface area contributed by atoms with Gasteiger partial charge in [0.1, 0.15) is 12.4 Å². The highest BCUT2D eigenvalue weighted by Crippen LogP contribution is 2.14. The molecule has 0 amide bonds. The quantitative estimate of drug-likeness (QED) is 0.766. The third kappa shape index (κ3) is 3.66. The van der Waals surface area contributed by atoms with Crippen molar-refractivity contribution in [1.29, 1.82) is 0 Å². The summed E-state index contributed by atoms with van der Waals surface area (Å²) < 4.78 is 15.6. The summed E-state index contributed by atoms with van der Waals surface area (Å²) in [6.07, 6.45) is 4.04. The Morgan fingerprint density at radius 2 is 2.11 bits per heavy atom. The van der Waals surface area contributed by atoms with Crippen LogP contribution < -0.4 is 0 Å². The summed E-state index contributed by atoms with van der Waals surface area (Å²) in [5, 5.41) is 0. The van der Waals surface area contributed by atoms with Gasteiger partial charge in [0.15, 0.2) is 0 Å². The van der Waals surface area contributed by atoms with Crippen molar-refractivity contribution in [3.63, 3.8) is 0 Å². The molecule has 1 heterocycles. The molecule has 4 nitrogen and oxygen atoms in total. The van der Waals surface area contributed by atoms with Crippen LogP contribution in [0.3, 0.4) is 0 Å². The minimum Gasteiger partial charge on any atom is -0.489 e. The third-order valence-electron chi connectivity index (χ3n) is 2.28. The Labute approximate surface area is 105 Å². The van der Waals surface area contributed by atoms with Crippen LogP contribution in [0.15, 0.2) is 54.5 Å². The summed E-state index contributed by atoms with van der Waals surface area (Å²) >= 11 is 0. The zero-order valence-corrected chi connectivity index (χ0v) is 10.0.